The van der Waals surface area contributed by atoms with Crippen LogP contribution in [0.2, 0.25) is 0 Å². The van der Waals surface area contributed by atoms with Gasteiger partial charge in [-0.15, -0.1) is 22.7 Å². The highest BCUT2D eigenvalue weighted by atomic mass is 32.1. The van der Waals surface area contributed by atoms with Gasteiger partial charge in [0.15, 0.2) is 0 Å². The number of aromatic nitrogens is 2. The molecule has 0 radical (unpaired) electrons. The van der Waals surface area contributed by atoms with Crippen LogP contribution in [-0.2, 0) is 11.8 Å². The minimum atomic E-state index is 0.127. The van der Waals surface area contributed by atoms with Gasteiger partial charge in [0.05, 0.1) is 27.9 Å². The summed E-state index contributed by atoms with van der Waals surface area (Å²) in [4.78, 5) is 9.25. The van der Waals surface area contributed by atoms with Crippen LogP contribution in [0, 0.1) is 0 Å². The molecule has 1 N–H and O–H groups in total. The van der Waals surface area contributed by atoms with Crippen molar-refractivity contribution in [3.8, 4) is 0 Å². The molecule has 1 unspecified atom stereocenters. The molecule has 2 heterocycles. The fraction of sp³-hybridized carbons (Fsp3) is 0.600. The molecule has 0 aliphatic rings. The summed E-state index contributed by atoms with van der Waals surface area (Å²) in [7, 11) is 0. The van der Waals surface area contributed by atoms with Gasteiger partial charge < -0.3 is 5.32 Å². The lowest BCUT2D eigenvalue weighted by molar-refractivity contribution is 0.515. The average Bonchev–Trinajstić information content (AvgIpc) is 3.04. The summed E-state index contributed by atoms with van der Waals surface area (Å²) in [6.07, 6.45) is 2.05. The first-order valence-electron chi connectivity index (χ1n) is 7.07. The molecule has 0 aliphatic carbocycles. The van der Waals surface area contributed by atoms with E-state index >= 15 is 0 Å². The van der Waals surface area contributed by atoms with Gasteiger partial charge in [-0.25, -0.2) is 9.97 Å². The van der Waals surface area contributed by atoms with Gasteiger partial charge in [-0.2, -0.15) is 0 Å². The zero-order chi connectivity index (χ0) is 14.6. The van der Waals surface area contributed by atoms with Crippen molar-refractivity contribution in [3.05, 3.63) is 32.7 Å². The van der Waals surface area contributed by atoms with Crippen LogP contribution in [0.1, 0.15) is 56.6 Å². The lowest BCUT2D eigenvalue weighted by Crippen LogP contribution is -2.24. The Labute approximate surface area is 129 Å². The largest absolute Gasteiger partial charge is 0.308 e. The third-order valence-corrected chi connectivity index (χ3v) is 4.62. The second-order valence-corrected chi connectivity index (χ2v) is 7.66. The van der Waals surface area contributed by atoms with Crippen LogP contribution in [0.5, 0.6) is 0 Å². The van der Waals surface area contributed by atoms with E-state index in [9.17, 15) is 0 Å². The second kappa shape index (κ2) is 6.78. The molecular formula is C15H23N3S2. The van der Waals surface area contributed by atoms with Crippen LogP contribution in [0.4, 0.5) is 0 Å². The summed E-state index contributed by atoms with van der Waals surface area (Å²) in [5.74, 6) is 0. The Hall–Kier alpha value is -0.780. The maximum atomic E-state index is 4.79. The molecule has 0 aliphatic heterocycles. The third kappa shape index (κ3) is 4.11. The molecule has 0 saturated heterocycles. The molecule has 2 aromatic rings. The summed E-state index contributed by atoms with van der Waals surface area (Å²) in [5.41, 5.74) is 4.35. The highest BCUT2D eigenvalue weighted by molar-refractivity contribution is 7.09. The summed E-state index contributed by atoms with van der Waals surface area (Å²) >= 11 is 3.41. The first-order chi connectivity index (χ1) is 9.50. The summed E-state index contributed by atoms with van der Waals surface area (Å²) in [6, 6.07) is 0.278. The van der Waals surface area contributed by atoms with Crippen LogP contribution in [0.25, 0.3) is 0 Å². The molecule has 0 saturated carbocycles. The molecule has 5 heteroatoms. The zero-order valence-corrected chi connectivity index (χ0v) is 14.3. The highest BCUT2D eigenvalue weighted by Crippen LogP contribution is 2.26. The number of hydrogen-bond donors (Lipinski definition) is 1. The molecule has 3 nitrogen and oxygen atoms in total. The van der Waals surface area contributed by atoms with Crippen LogP contribution in [0.15, 0.2) is 16.3 Å². The number of hydrogen-bond acceptors (Lipinski definition) is 5. The molecule has 110 valence electrons. The Morgan fingerprint density at radius 2 is 2.10 bits per heavy atom. The van der Waals surface area contributed by atoms with Crippen molar-refractivity contribution in [1.29, 1.82) is 0 Å². The van der Waals surface area contributed by atoms with Crippen LogP contribution in [0.3, 0.4) is 0 Å². The minimum Gasteiger partial charge on any atom is -0.308 e. The van der Waals surface area contributed by atoms with Crippen molar-refractivity contribution < 1.29 is 0 Å². The van der Waals surface area contributed by atoms with Crippen LogP contribution in [-0.4, -0.2) is 16.5 Å². The first-order valence-corrected chi connectivity index (χ1v) is 8.89. The maximum Gasteiger partial charge on any atom is 0.0948 e. The summed E-state index contributed by atoms with van der Waals surface area (Å²) in [5, 5.41) is 9.09. The van der Waals surface area contributed by atoms with Gasteiger partial charge in [0.1, 0.15) is 0 Å². The van der Waals surface area contributed by atoms with Crippen molar-refractivity contribution in [2.45, 2.75) is 52.0 Å². The Balaban J connectivity index is 2.09. The molecule has 1 atom stereocenters. The van der Waals surface area contributed by atoms with E-state index in [0.29, 0.717) is 0 Å². The highest BCUT2D eigenvalue weighted by Gasteiger charge is 2.20. The molecule has 0 aromatic carbocycles. The van der Waals surface area contributed by atoms with Crippen LogP contribution >= 0.6 is 22.7 Å². The van der Waals surface area contributed by atoms with Gasteiger partial charge in [-0.05, 0) is 13.0 Å². The van der Waals surface area contributed by atoms with Gasteiger partial charge in [-0.1, -0.05) is 27.7 Å². The molecule has 0 bridgehead atoms. The average molecular weight is 310 g/mol. The topological polar surface area (TPSA) is 37.8 Å². The minimum absolute atomic E-state index is 0.127. The quantitative estimate of drug-likeness (QED) is 0.870. The normalized spacial score (nSPS) is 13.6. The fourth-order valence-corrected chi connectivity index (χ4v) is 3.59. The second-order valence-electron chi connectivity index (χ2n) is 6.00. The van der Waals surface area contributed by atoms with Crippen molar-refractivity contribution in [2.75, 3.05) is 6.54 Å². The molecule has 2 rings (SSSR count). The Morgan fingerprint density at radius 3 is 2.65 bits per heavy atom. The lowest BCUT2D eigenvalue weighted by Gasteiger charge is -2.16. The van der Waals surface area contributed by atoms with Gasteiger partial charge >= 0.3 is 0 Å². The van der Waals surface area contributed by atoms with Gasteiger partial charge in [0, 0.05) is 22.6 Å². The summed E-state index contributed by atoms with van der Waals surface area (Å²) < 4.78 is 0. The van der Waals surface area contributed by atoms with E-state index < -0.39 is 0 Å². The Kier molecular flexibility index (Phi) is 5.29. The smallest absolute Gasteiger partial charge is 0.0948 e. The number of nitrogens with zero attached hydrogens (tertiary/aromatic N) is 2. The number of thiazole rings is 2. The lowest BCUT2D eigenvalue weighted by atomic mass is 9.93. The van der Waals surface area contributed by atoms with Crippen molar-refractivity contribution in [1.82, 2.24) is 15.3 Å². The van der Waals surface area contributed by atoms with E-state index in [4.69, 9.17) is 4.98 Å². The van der Waals surface area contributed by atoms with Gasteiger partial charge in [0.25, 0.3) is 0 Å². The number of nitrogens with one attached hydrogen (secondary N) is 1. The predicted molar refractivity (Wildman–Crippen MR) is 87.7 cm³/mol. The molecule has 20 heavy (non-hydrogen) atoms. The molecule has 0 amide bonds. The first kappa shape index (κ1) is 15.6. The Bertz CT molecular complexity index is 511. The maximum absolute atomic E-state index is 4.79. The fourth-order valence-electron chi connectivity index (χ4n) is 1.92. The van der Waals surface area contributed by atoms with Crippen molar-refractivity contribution in [2.24, 2.45) is 0 Å². The summed E-state index contributed by atoms with van der Waals surface area (Å²) in [6.45, 7) is 9.82. The molecular weight excluding hydrogens is 286 g/mol. The van der Waals surface area contributed by atoms with Gasteiger partial charge in [-0.3, -0.25) is 0 Å². The molecule has 2 aromatic heterocycles. The zero-order valence-electron chi connectivity index (χ0n) is 12.6. The van der Waals surface area contributed by atoms with E-state index in [1.807, 2.05) is 5.51 Å². The van der Waals surface area contributed by atoms with Crippen LogP contribution < -0.4 is 5.32 Å². The van der Waals surface area contributed by atoms with E-state index in [2.05, 4.69) is 48.8 Å². The standard InChI is InChI=1S/C15H23N3S2/c1-5-6-16-11(12-8-19-10-17-12)7-14-18-13(9-20-14)15(2,3)4/h8-11,16H,5-7H2,1-4H3. The van der Waals surface area contributed by atoms with E-state index in [1.54, 1.807) is 22.7 Å². The Morgan fingerprint density at radius 1 is 1.30 bits per heavy atom. The van der Waals surface area contributed by atoms with E-state index in [0.717, 1.165) is 25.1 Å². The van der Waals surface area contributed by atoms with E-state index in [-0.39, 0.29) is 11.5 Å². The third-order valence-electron chi connectivity index (χ3n) is 3.15. The monoisotopic (exact) mass is 309 g/mol. The van der Waals surface area contributed by atoms with Crippen molar-refractivity contribution >= 4 is 22.7 Å². The number of rotatable bonds is 6. The molecule has 0 fully saturated rings. The predicted octanol–water partition coefficient (Wildman–Crippen LogP) is 4.18. The van der Waals surface area contributed by atoms with Crippen molar-refractivity contribution in [3.63, 3.8) is 0 Å². The van der Waals surface area contributed by atoms with E-state index in [1.165, 1.54) is 10.7 Å². The van der Waals surface area contributed by atoms with Gasteiger partial charge in [0.2, 0.25) is 0 Å². The molecule has 0 spiro atoms. The SMILES string of the molecule is CCCNC(Cc1nc(C(C)(C)C)cs1)c1cscn1.